The maximum atomic E-state index is 13.1. The van der Waals surface area contributed by atoms with Gasteiger partial charge in [-0.3, -0.25) is 52.8 Å². The van der Waals surface area contributed by atoms with Crippen LogP contribution in [0.5, 0.6) is 46.0 Å². The molecular formula is C99H110N25O13P. The van der Waals surface area contributed by atoms with Gasteiger partial charge >= 0.3 is 7.60 Å². The molecule has 0 spiro atoms. The Bertz CT molecular complexity index is 7110. The molecule has 0 radical (unpaired) electrons. The monoisotopic (exact) mass is 1890 g/mol. The second-order valence-electron chi connectivity index (χ2n) is 32.9. The van der Waals surface area contributed by atoms with Crippen LogP contribution in [0.4, 0.5) is 45.5 Å². The van der Waals surface area contributed by atoms with Gasteiger partial charge in [0.15, 0.2) is 0 Å². The zero-order valence-corrected chi connectivity index (χ0v) is 80.8. The van der Waals surface area contributed by atoms with Crippen LogP contribution in [0.25, 0.3) is 89.2 Å². The zero-order valence-electron chi connectivity index (χ0n) is 79.9. The Labute approximate surface area is 797 Å². The number of carbonyl (C=O) groups excluding carboxylic acids is 2. The lowest BCUT2D eigenvalue weighted by Gasteiger charge is -2.31. The van der Waals surface area contributed by atoms with Gasteiger partial charge < -0.3 is 78.3 Å². The molecule has 0 aliphatic rings. The number of ether oxygens (including phenoxy) is 8. The fraction of sp³-hybridized carbons (Fsp3) is 0.273. The first kappa shape index (κ1) is 97.8. The minimum absolute atomic E-state index is 0.0103. The van der Waals surface area contributed by atoms with Crippen molar-refractivity contribution >= 4 is 109 Å². The minimum atomic E-state index is -4.23. The number of aryl methyl sites for hydroxylation is 4. The fourth-order valence-corrected chi connectivity index (χ4v) is 15.7. The summed E-state index contributed by atoms with van der Waals surface area (Å²) in [6.45, 7) is 16.0. The highest BCUT2D eigenvalue weighted by Crippen LogP contribution is 2.43. The summed E-state index contributed by atoms with van der Waals surface area (Å²) in [7, 11) is 14.1. The third-order valence-electron chi connectivity index (χ3n) is 22.2. The summed E-state index contributed by atoms with van der Waals surface area (Å²) < 4.78 is 64.3. The molecule has 0 fully saturated rings. The van der Waals surface area contributed by atoms with Crippen molar-refractivity contribution in [3.8, 4) is 91.0 Å². The molecule has 2 amide bonds. The van der Waals surface area contributed by atoms with Crippen molar-refractivity contribution in [1.82, 2.24) is 99.1 Å². The number of hydrogen-bond donors (Lipinski definition) is 4. The molecule has 9 aromatic heterocycles. The van der Waals surface area contributed by atoms with Crippen LogP contribution < -0.4 is 68.5 Å². The fourth-order valence-electron chi connectivity index (χ4n) is 15.2. The third kappa shape index (κ3) is 24.1. The highest BCUT2D eigenvalue weighted by Gasteiger charge is 2.29. The minimum Gasteiger partial charge on any atom is -0.497 e. The van der Waals surface area contributed by atoms with Gasteiger partial charge in [-0.15, -0.1) is 0 Å². The number of fused-ring (bicyclic) bond motifs is 4. The largest absolute Gasteiger partial charge is 0.497 e. The van der Waals surface area contributed by atoms with Crippen molar-refractivity contribution in [1.29, 1.82) is 0 Å². The Kier molecular flexibility index (Phi) is 31.1. The number of carbonyl (C=O) groups is 2. The molecule has 714 valence electrons. The lowest BCUT2D eigenvalue weighted by atomic mass is 10.1. The molecule has 5 N–H and O–H groups in total. The van der Waals surface area contributed by atoms with Gasteiger partial charge in [0.2, 0.25) is 11.8 Å². The number of nitrogens with two attached hydrogens (primary N) is 1. The Morgan fingerprint density at radius 3 is 1.03 bits per heavy atom. The number of aromatic nitrogens is 19. The molecular weight excluding hydrogens is 1780 g/mol. The van der Waals surface area contributed by atoms with Crippen molar-refractivity contribution < 1.29 is 61.8 Å². The topological polar surface area (TPSA) is 422 Å². The quantitative estimate of drug-likeness (QED) is 0.0278. The van der Waals surface area contributed by atoms with Gasteiger partial charge in [0.05, 0.1) is 186 Å². The number of amides is 2. The molecule has 0 saturated heterocycles. The Morgan fingerprint density at radius 1 is 0.391 bits per heavy atom. The molecule has 8 aromatic carbocycles. The highest BCUT2D eigenvalue weighted by molar-refractivity contribution is 7.51. The van der Waals surface area contributed by atoms with Gasteiger partial charge in [-0.2, -0.15) is 25.5 Å². The van der Waals surface area contributed by atoms with Crippen LogP contribution in [0.2, 0.25) is 0 Å². The van der Waals surface area contributed by atoms with Crippen LogP contribution in [-0.4, -0.2) is 210 Å². The van der Waals surface area contributed by atoms with Crippen LogP contribution >= 0.6 is 7.60 Å². The summed E-state index contributed by atoms with van der Waals surface area (Å²) in [4.78, 5) is 93.8. The van der Waals surface area contributed by atoms with Crippen LogP contribution in [0.15, 0.2) is 226 Å². The van der Waals surface area contributed by atoms with E-state index in [0.29, 0.717) is 116 Å². The lowest BCUT2D eigenvalue weighted by Crippen LogP contribution is -2.45. The van der Waals surface area contributed by atoms with Crippen LogP contribution in [0, 0.1) is 12.8 Å². The van der Waals surface area contributed by atoms with E-state index in [2.05, 4.69) is 86.6 Å². The van der Waals surface area contributed by atoms with E-state index in [1.807, 2.05) is 202 Å². The van der Waals surface area contributed by atoms with E-state index in [-0.39, 0.29) is 24.7 Å². The summed E-state index contributed by atoms with van der Waals surface area (Å²) in [5.41, 5.74) is 24.2. The van der Waals surface area contributed by atoms with Crippen LogP contribution in [0.1, 0.15) is 47.4 Å². The average molecular weight is 1890 g/mol. The van der Waals surface area contributed by atoms with Gasteiger partial charge in [0.1, 0.15) is 70.2 Å². The number of primary amides is 1. The molecule has 38 nitrogen and oxygen atoms in total. The Hall–Kier alpha value is -16.2. The number of benzene rings is 8. The number of hydrogen-bond acceptors (Lipinski definition) is 29. The first-order valence-corrected chi connectivity index (χ1v) is 45.8. The number of nitrogens with one attached hydrogen (secondary N) is 1. The molecule has 0 aliphatic heterocycles. The number of methoxy groups -OCH3 is 8. The number of rotatable bonds is 33. The second-order valence-corrected chi connectivity index (χ2v) is 34.7. The molecule has 0 aliphatic carbocycles. The van der Waals surface area contributed by atoms with Gasteiger partial charge in [0.25, 0.3) is 0 Å². The number of anilines is 8. The van der Waals surface area contributed by atoms with E-state index >= 15 is 0 Å². The molecule has 17 rings (SSSR count). The summed E-state index contributed by atoms with van der Waals surface area (Å²) >= 11 is 0. The molecule has 0 bridgehead atoms. The van der Waals surface area contributed by atoms with Gasteiger partial charge in [-0.05, 0) is 113 Å². The predicted octanol–water partition coefficient (Wildman–Crippen LogP) is 15.4. The van der Waals surface area contributed by atoms with E-state index < -0.39 is 25.6 Å². The second kappa shape index (κ2) is 43.9. The average Bonchev–Trinajstić information content (AvgIpc) is 0.986. The predicted molar refractivity (Wildman–Crippen MR) is 530 cm³/mol. The SMILES string of the molecule is COc1cc(OC)cc(N(CCP(=O)(O)O)c2ccc3ncc(-c4cnn(C)c4)nc3c2)c1.COc1cc(OC)cc(N(CCn2ncnc2C)c2ccc3ncc(-c4cnn(CC(C)C)c4)nc3c2)c1.COc1cc(OC)cc(N(c2ccc3ncc(-c4cnn(C)c4)nc3c2)C(C)C(=O)NC(C)C)c1.COc1cc(OC)cc(N(c2ccc3ncc(-c4cnn(C)c4)nc3c2)C(C)C(N)=O)c1. The molecule has 0 saturated carbocycles. The molecule has 17 aromatic rings. The van der Waals surface area contributed by atoms with E-state index in [1.54, 1.807) is 163 Å². The van der Waals surface area contributed by atoms with Crippen LogP contribution in [-0.2, 0) is 48.4 Å². The summed E-state index contributed by atoms with van der Waals surface area (Å²) in [5, 5.41) is 24.5. The van der Waals surface area contributed by atoms with Gasteiger partial charge in [-0.25, -0.2) is 29.6 Å². The first-order valence-electron chi connectivity index (χ1n) is 44.0. The highest BCUT2D eigenvalue weighted by atomic mass is 31.2. The summed E-state index contributed by atoms with van der Waals surface area (Å²) in [6, 6.07) is 44.0. The zero-order chi connectivity index (χ0) is 98.2. The van der Waals surface area contributed by atoms with Crippen molar-refractivity contribution in [3.05, 3.63) is 232 Å². The molecule has 39 heteroatoms. The van der Waals surface area contributed by atoms with E-state index in [0.717, 1.165) is 96.5 Å². The lowest BCUT2D eigenvalue weighted by molar-refractivity contribution is -0.122. The smallest absolute Gasteiger partial charge is 0.327 e. The normalized spacial score (nSPS) is 11.7. The maximum absolute atomic E-state index is 13.1. The first-order chi connectivity index (χ1) is 66.4. The van der Waals surface area contributed by atoms with E-state index in [1.165, 1.54) is 0 Å². The van der Waals surface area contributed by atoms with Gasteiger partial charge in [0, 0.05) is 212 Å². The van der Waals surface area contributed by atoms with Crippen molar-refractivity contribution in [2.24, 2.45) is 32.8 Å². The summed E-state index contributed by atoms with van der Waals surface area (Å²) in [5.74, 6) is 5.79. The standard InChI is InChI=1S/C28H32N8O2.C26H30N6O3.C23H24N6O3.C22H24N5O5P/c1-19(2)16-34-17-21(14-31-34)28-15-29-26-7-6-22(12-27(26)33-28)35(8-9-36-20(3)30-18-32-36)23-10-24(37-4)13-25(11-23)38-5;1-16(2)29-26(33)17(3)32(20-9-21(34-5)12-22(10-20)35-6)19-7-8-23-24(11-19)30-25(14-27-23)18-13-28-31(4)15-18;1-14(23(24)30)29(17-7-18(31-3)10-19(8-17)32-4)16-5-6-20-21(9-16)27-22(12-25-20)15-11-26-28(2)13-15;1-26-14-15(12-24-26)22-13-23-20-5-4-16(10-21(20)25-22)27(6-7-33(28,29)30)17-8-18(31-2)11-19(9-17)32-3/h6-7,10-15,17-19H,8-9,16H2,1-5H3;7-17H,1-6H3,(H,29,33);5-14H,1-4H3,(H2,24,30);4-5,8-14H,6-7H2,1-3H3,(H2,28,29,30). The maximum Gasteiger partial charge on any atom is 0.327 e. The summed E-state index contributed by atoms with van der Waals surface area (Å²) in [6.07, 6.45) is 22.9. The van der Waals surface area contributed by atoms with Crippen LogP contribution in [0.3, 0.4) is 0 Å². The number of nitrogens with zero attached hydrogens (tertiary/aromatic N) is 23. The van der Waals surface area contributed by atoms with E-state index in [9.17, 15) is 23.9 Å². The molecule has 2 unspecified atom stereocenters. The van der Waals surface area contributed by atoms with E-state index in [4.69, 9.17) is 63.6 Å². The molecule has 2 atom stereocenters. The molecule has 138 heavy (non-hydrogen) atoms. The van der Waals surface area contributed by atoms with Crippen molar-refractivity contribution in [2.75, 3.05) is 95.7 Å². The van der Waals surface area contributed by atoms with Gasteiger partial charge in [-0.1, -0.05) is 13.8 Å². The van der Waals surface area contributed by atoms with Crippen molar-refractivity contribution in [3.63, 3.8) is 0 Å². The Morgan fingerprint density at radius 2 is 0.717 bits per heavy atom. The molecule has 9 heterocycles. The third-order valence-corrected chi connectivity index (χ3v) is 23.0. The Balaban J connectivity index is 0.000000147. The van der Waals surface area contributed by atoms with Crippen molar-refractivity contribution in [2.45, 2.75) is 79.7 Å².